The second-order valence-electron chi connectivity index (χ2n) is 11.2. The highest BCUT2D eigenvalue weighted by molar-refractivity contribution is 6.22. The first-order valence-corrected chi connectivity index (χ1v) is 14.2. The molecule has 0 nitrogen and oxygen atoms in total. The van der Waals surface area contributed by atoms with Crippen molar-refractivity contribution in [2.75, 3.05) is 0 Å². The van der Waals surface area contributed by atoms with Crippen molar-refractivity contribution < 1.29 is 0 Å². The van der Waals surface area contributed by atoms with Gasteiger partial charge in [0.05, 0.1) is 0 Å². The SMILES string of the molecule is C1=CC2C=C(c3c4ccccc4c(-c4cccc5ccccc45)c4ccccc34)c3cccc4c3C2C(=C1)C=C4. The Morgan fingerprint density at radius 1 is 0.500 bits per heavy atom. The third-order valence-electron chi connectivity index (χ3n) is 9.18. The Bertz CT molecular complexity index is 2100. The largest absolute Gasteiger partial charge is 0.0766 e. The van der Waals surface area contributed by atoms with E-state index in [4.69, 9.17) is 0 Å². The average molecular weight is 507 g/mol. The van der Waals surface area contributed by atoms with Gasteiger partial charge in [-0.2, -0.15) is 0 Å². The molecule has 0 heteroatoms. The molecule has 0 bridgehead atoms. The smallest absolute Gasteiger partial charge is 0.0199 e. The van der Waals surface area contributed by atoms with Crippen LogP contribution in [0.25, 0.3) is 55.1 Å². The zero-order valence-corrected chi connectivity index (χ0v) is 22.0. The fraction of sp³-hybridized carbons (Fsp3) is 0.0500. The van der Waals surface area contributed by atoms with E-state index >= 15 is 0 Å². The maximum absolute atomic E-state index is 2.55. The summed E-state index contributed by atoms with van der Waals surface area (Å²) in [5.41, 5.74) is 10.9. The van der Waals surface area contributed by atoms with Crippen LogP contribution >= 0.6 is 0 Å². The molecule has 9 rings (SSSR count). The molecule has 0 heterocycles. The number of hydrogen-bond acceptors (Lipinski definition) is 0. The van der Waals surface area contributed by atoms with Crippen molar-refractivity contribution in [3.63, 3.8) is 0 Å². The highest BCUT2D eigenvalue weighted by Crippen LogP contribution is 2.53. The molecule has 40 heavy (non-hydrogen) atoms. The van der Waals surface area contributed by atoms with E-state index in [9.17, 15) is 0 Å². The molecule has 6 aromatic rings. The molecular weight excluding hydrogens is 480 g/mol. The average Bonchev–Trinajstić information content (AvgIpc) is 3.02. The Morgan fingerprint density at radius 2 is 1.12 bits per heavy atom. The first-order valence-electron chi connectivity index (χ1n) is 14.2. The van der Waals surface area contributed by atoms with Crippen LogP contribution in [0.1, 0.15) is 28.2 Å². The first kappa shape index (κ1) is 21.9. The molecule has 3 aliphatic rings. The Hall–Kier alpha value is -4.94. The molecule has 0 aliphatic heterocycles. The molecule has 0 amide bonds. The van der Waals surface area contributed by atoms with Crippen LogP contribution in [0.2, 0.25) is 0 Å². The summed E-state index contributed by atoms with van der Waals surface area (Å²) < 4.78 is 0. The molecule has 0 fully saturated rings. The van der Waals surface area contributed by atoms with Gasteiger partial charge in [-0.05, 0) is 76.8 Å². The van der Waals surface area contributed by atoms with Gasteiger partial charge in [-0.15, -0.1) is 0 Å². The second-order valence-corrected chi connectivity index (χ2v) is 11.2. The minimum absolute atomic E-state index is 0.351. The molecule has 0 saturated heterocycles. The highest BCUT2D eigenvalue weighted by Gasteiger charge is 2.35. The van der Waals surface area contributed by atoms with Gasteiger partial charge in [-0.1, -0.05) is 146 Å². The van der Waals surface area contributed by atoms with Crippen molar-refractivity contribution in [3.05, 3.63) is 167 Å². The van der Waals surface area contributed by atoms with Gasteiger partial charge in [0.25, 0.3) is 0 Å². The zero-order valence-electron chi connectivity index (χ0n) is 22.0. The van der Waals surface area contributed by atoms with Crippen LogP contribution in [0.4, 0.5) is 0 Å². The maximum atomic E-state index is 2.55. The Kier molecular flexibility index (Phi) is 4.54. The predicted molar refractivity (Wildman–Crippen MR) is 170 cm³/mol. The van der Waals surface area contributed by atoms with Crippen LogP contribution in [-0.4, -0.2) is 0 Å². The lowest BCUT2D eigenvalue weighted by Crippen LogP contribution is -2.22. The minimum Gasteiger partial charge on any atom is -0.0766 e. The molecule has 2 unspecified atom stereocenters. The van der Waals surface area contributed by atoms with Crippen LogP contribution in [0, 0.1) is 5.92 Å². The number of hydrogen-bond donors (Lipinski definition) is 0. The van der Waals surface area contributed by atoms with Gasteiger partial charge >= 0.3 is 0 Å². The second kappa shape index (κ2) is 8.28. The Balaban J connectivity index is 1.42. The van der Waals surface area contributed by atoms with Gasteiger partial charge in [0.15, 0.2) is 0 Å². The van der Waals surface area contributed by atoms with Crippen molar-refractivity contribution in [1.29, 1.82) is 0 Å². The normalized spacial score (nSPS) is 18.6. The molecule has 0 saturated carbocycles. The summed E-state index contributed by atoms with van der Waals surface area (Å²) >= 11 is 0. The zero-order chi connectivity index (χ0) is 26.2. The summed E-state index contributed by atoms with van der Waals surface area (Å²) in [6, 6.07) is 40.4. The first-order chi connectivity index (χ1) is 19.9. The van der Waals surface area contributed by atoms with E-state index in [-0.39, 0.29) is 0 Å². The van der Waals surface area contributed by atoms with E-state index in [0.717, 1.165) is 0 Å². The fourth-order valence-corrected chi connectivity index (χ4v) is 7.55. The van der Waals surface area contributed by atoms with E-state index in [0.29, 0.717) is 11.8 Å². The number of rotatable bonds is 2. The molecule has 6 aromatic carbocycles. The van der Waals surface area contributed by atoms with Gasteiger partial charge in [0, 0.05) is 11.8 Å². The van der Waals surface area contributed by atoms with E-state index in [2.05, 4.69) is 146 Å². The van der Waals surface area contributed by atoms with Crippen molar-refractivity contribution in [3.8, 4) is 11.1 Å². The van der Waals surface area contributed by atoms with Crippen LogP contribution < -0.4 is 0 Å². The summed E-state index contributed by atoms with van der Waals surface area (Å²) in [6.07, 6.45) is 14.1. The molecule has 0 radical (unpaired) electrons. The lowest BCUT2D eigenvalue weighted by Gasteiger charge is -2.37. The summed E-state index contributed by atoms with van der Waals surface area (Å²) in [7, 11) is 0. The monoisotopic (exact) mass is 506 g/mol. The van der Waals surface area contributed by atoms with Gasteiger partial charge in [0.2, 0.25) is 0 Å². The van der Waals surface area contributed by atoms with Crippen molar-refractivity contribution in [1.82, 2.24) is 0 Å². The fourth-order valence-electron chi connectivity index (χ4n) is 7.55. The lowest BCUT2D eigenvalue weighted by atomic mass is 9.66. The lowest BCUT2D eigenvalue weighted by molar-refractivity contribution is 0.662. The van der Waals surface area contributed by atoms with Crippen LogP contribution in [0.3, 0.4) is 0 Å². The number of fused-ring (bicyclic) bond motifs is 3. The molecule has 186 valence electrons. The van der Waals surface area contributed by atoms with Crippen LogP contribution in [-0.2, 0) is 0 Å². The standard InChI is InChI=1S/C40H26/c1-2-15-29-25(10-1)11-8-20-30(29)39-31-16-3-5-18-33(31)40(34-19-6-4-17-32(34)39)36-24-28-14-7-12-26-22-23-27-13-9-21-35(36)38(27)37(26)28/h1-24,28,37H. The summed E-state index contributed by atoms with van der Waals surface area (Å²) in [6.45, 7) is 0. The minimum atomic E-state index is 0.351. The number of benzene rings is 6. The van der Waals surface area contributed by atoms with Gasteiger partial charge in [-0.3, -0.25) is 0 Å². The molecule has 0 spiro atoms. The van der Waals surface area contributed by atoms with Crippen LogP contribution in [0.15, 0.2) is 145 Å². The van der Waals surface area contributed by atoms with Gasteiger partial charge < -0.3 is 0 Å². The van der Waals surface area contributed by atoms with E-state index in [1.54, 1.807) is 0 Å². The van der Waals surface area contributed by atoms with E-state index in [1.165, 1.54) is 76.8 Å². The summed E-state index contributed by atoms with van der Waals surface area (Å²) in [5.74, 6) is 0.751. The molecule has 2 atom stereocenters. The molecular formula is C40H26. The van der Waals surface area contributed by atoms with E-state index < -0.39 is 0 Å². The predicted octanol–water partition coefficient (Wildman–Crippen LogP) is 10.5. The topological polar surface area (TPSA) is 0 Å². The summed E-state index contributed by atoms with van der Waals surface area (Å²) in [5, 5.41) is 7.81. The van der Waals surface area contributed by atoms with Crippen LogP contribution in [0.5, 0.6) is 0 Å². The molecule has 0 aromatic heterocycles. The molecule has 0 N–H and O–H groups in total. The van der Waals surface area contributed by atoms with Gasteiger partial charge in [0.1, 0.15) is 0 Å². The van der Waals surface area contributed by atoms with Gasteiger partial charge in [-0.25, -0.2) is 0 Å². The van der Waals surface area contributed by atoms with E-state index in [1.807, 2.05) is 0 Å². The maximum Gasteiger partial charge on any atom is 0.0199 e. The summed E-state index contributed by atoms with van der Waals surface area (Å²) in [4.78, 5) is 0. The Labute approximate surface area is 233 Å². The van der Waals surface area contributed by atoms with Crippen molar-refractivity contribution in [2.24, 2.45) is 5.92 Å². The van der Waals surface area contributed by atoms with Crippen molar-refractivity contribution in [2.45, 2.75) is 5.92 Å². The highest BCUT2D eigenvalue weighted by atomic mass is 14.4. The number of allylic oxidation sites excluding steroid dienone is 6. The Morgan fingerprint density at radius 3 is 1.90 bits per heavy atom. The van der Waals surface area contributed by atoms with Crippen molar-refractivity contribution >= 4 is 44.0 Å². The third kappa shape index (κ3) is 2.96. The molecule has 3 aliphatic carbocycles. The third-order valence-corrected chi connectivity index (χ3v) is 9.18. The quantitative estimate of drug-likeness (QED) is 0.205.